The van der Waals surface area contributed by atoms with E-state index in [1.807, 2.05) is 0 Å². The highest BCUT2D eigenvalue weighted by molar-refractivity contribution is 5.58. The third-order valence-corrected chi connectivity index (χ3v) is 5.40. The number of nitrogens with zero attached hydrogens (tertiary/aromatic N) is 2. The summed E-state index contributed by atoms with van der Waals surface area (Å²) in [4.78, 5) is 4.77. The third-order valence-electron chi connectivity index (χ3n) is 5.40. The summed E-state index contributed by atoms with van der Waals surface area (Å²) < 4.78 is 0. The molecule has 0 saturated carbocycles. The molecule has 0 fully saturated rings. The second kappa shape index (κ2) is 5.92. The van der Waals surface area contributed by atoms with Crippen LogP contribution in [0, 0.1) is 0 Å². The van der Waals surface area contributed by atoms with Crippen LogP contribution < -0.4 is 9.80 Å². The van der Waals surface area contributed by atoms with E-state index in [-0.39, 0.29) is 0 Å². The Bertz CT molecular complexity index is 658. The van der Waals surface area contributed by atoms with Crippen LogP contribution in [0.3, 0.4) is 0 Å². The van der Waals surface area contributed by atoms with Crippen LogP contribution in [0.15, 0.2) is 36.4 Å². The lowest BCUT2D eigenvalue weighted by Crippen LogP contribution is -2.24. The Kier molecular flexibility index (Phi) is 3.76. The van der Waals surface area contributed by atoms with Crippen molar-refractivity contribution < 1.29 is 0 Å². The van der Waals surface area contributed by atoms with E-state index in [4.69, 9.17) is 0 Å². The summed E-state index contributed by atoms with van der Waals surface area (Å²) in [6.07, 6.45) is 6.05. The Labute approximate surface area is 139 Å². The first kappa shape index (κ1) is 14.6. The van der Waals surface area contributed by atoms with Gasteiger partial charge in [-0.2, -0.15) is 0 Å². The normalized spacial score (nSPS) is 17.0. The molecule has 2 aliphatic heterocycles. The molecule has 4 rings (SSSR count). The Balaban J connectivity index is 1.59. The summed E-state index contributed by atoms with van der Waals surface area (Å²) in [5, 5.41) is 0. The highest BCUT2D eigenvalue weighted by atomic mass is 15.1. The molecule has 2 aliphatic rings. The third kappa shape index (κ3) is 2.83. The Morgan fingerprint density at radius 2 is 1.22 bits per heavy atom. The fourth-order valence-electron chi connectivity index (χ4n) is 4.13. The van der Waals surface area contributed by atoms with E-state index in [2.05, 4.69) is 60.3 Å². The van der Waals surface area contributed by atoms with Gasteiger partial charge in [-0.05, 0) is 66.5 Å². The molecule has 0 N–H and O–H groups in total. The quantitative estimate of drug-likeness (QED) is 0.826. The summed E-state index contributed by atoms with van der Waals surface area (Å²) in [6.45, 7) is 2.37. The molecule has 0 aromatic heterocycles. The molecule has 0 amide bonds. The lowest BCUT2D eigenvalue weighted by atomic mass is 9.94. The van der Waals surface area contributed by atoms with Crippen LogP contribution in [0.4, 0.5) is 11.4 Å². The largest absolute Gasteiger partial charge is 0.374 e. The van der Waals surface area contributed by atoms with E-state index in [1.54, 1.807) is 0 Å². The molecule has 2 aromatic carbocycles. The van der Waals surface area contributed by atoms with Crippen molar-refractivity contribution in [3.8, 4) is 0 Å². The average molecular weight is 306 g/mol. The molecule has 2 heteroatoms. The van der Waals surface area contributed by atoms with Crippen molar-refractivity contribution in [3.63, 3.8) is 0 Å². The number of rotatable bonds is 2. The molecule has 0 saturated heterocycles. The molecule has 0 spiro atoms. The molecule has 2 heterocycles. The van der Waals surface area contributed by atoms with Crippen LogP contribution in [-0.2, 0) is 19.3 Å². The maximum absolute atomic E-state index is 2.43. The molecular formula is C21H26N2. The lowest BCUT2D eigenvalue weighted by Gasteiger charge is -2.28. The Hall–Kier alpha value is -1.96. The van der Waals surface area contributed by atoms with E-state index >= 15 is 0 Å². The molecule has 0 atom stereocenters. The van der Waals surface area contributed by atoms with Gasteiger partial charge < -0.3 is 9.80 Å². The number of benzene rings is 2. The fourth-order valence-corrected chi connectivity index (χ4v) is 4.13. The van der Waals surface area contributed by atoms with Crippen LogP contribution in [0.5, 0.6) is 0 Å². The Morgan fingerprint density at radius 3 is 1.70 bits per heavy atom. The molecule has 23 heavy (non-hydrogen) atoms. The van der Waals surface area contributed by atoms with Gasteiger partial charge >= 0.3 is 0 Å². The Morgan fingerprint density at radius 1 is 0.739 bits per heavy atom. The second-order valence-corrected chi connectivity index (χ2v) is 7.15. The van der Waals surface area contributed by atoms with E-state index in [1.165, 1.54) is 72.4 Å². The standard InChI is InChI=1S/C21H26N2/c1-22-11-3-5-18-14-16(7-9-20(18)22)13-17-8-10-21-19(15-17)6-4-12-23(21)2/h7-10,14-15H,3-6,11-13H2,1-2H3. The number of hydrogen-bond acceptors (Lipinski definition) is 2. The first-order chi connectivity index (χ1) is 11.2. The van der Waals surface area contributed by atoms with Crippen molar-refractivity contribution >= 4 is 11.4 Å². The number of aryl methyl sites for hydroxylation is 2. The highest BCUT2D eigenvalue weighted by Crippen LogP contribution is 2.30. The van der Waals surface area contributed by atoms with Gasteiger partial charge in [0.1, 0.15) is 0 Å². The van der Waals surface area contributed by atoms with Gasteiger partial charge in [0.25, 0.3) is 0 Å². The second-order valence-electron chi connectivity index (χ2n) is 7.15. The number of fused-ring (bicyclic) bond motifs is 2. The minimum absolute atomic E-state index is 1.05. The zero-order valence-corrected chi connectivity index (χ0v) is 14.3. The van der Waals surface area contributed by atoms with Gasteiger partial charge in [0.15, 0.2) is 0 Å². The van der Waals surface area contributed by atoms with Crippen molar-refractivity contribution in [2.45, 2.75) is 32.1 Å². The van der Waals surface area contributed by atoms with E-state index < -0.39 is 0 Å². The molecule has 2 nitrogen and oxygen atoms in total. The predicted molar refractivity (Wildman–Crippen MR) is 98.9 cm³/mol. The minimum Gasteiger partial charge on any atom is -0.374 e. The fraction of sp³-hybridized carbons (Fsp3) is 0.429. The van der Waals surface area contributed by atoms with Crippen molar-refractivity contribution in [1.29, 1.82) is 0 Å². The summed E-state index contributed by atoms with van der Waals surface area (Å²) in [5.74, 6) is 0. The topological polar surface area (TPSA) is 6.48 Å². The summed E-state index contributed by atoms with van der Waals surface area (Å²) in [6, 6.07) is 14.1. The first-order valence-corrected chi connectivity index (χ1v) is 8.86. The maximum atomic E-state index is 2.43. The van der Waals surface area contributed by atoms with Crippen molar-refractivity contribution in [2.75, 3.05) is 37.0 Å². The van der Waals surface area contributed by atoms with Gasteiger partial charge in [0.05, 0.1) is 0 Å². The molecular weight excluding hydrogens is 280 g/mol. The van der Waals surface area contributed by atoms with Gasteiger partial charge in [-0.3, -0.25) is 0 Å². The lowest BCUT2D eigenvalue weighted by molar-refractivity contribution is 0.742. The van der Waals surface area contributed by atoms with Gasteiger partial charge in [0, 0.05) is 38.6 Å². The minimum atomic E-state index is 1.05. The monoisotopic (exact) mass is 306 g/mol. The van der Waals surface area contributed by atoms with Crippen LogP contribution in [-0.4, -0.2) is 27.2 Å². The summed E-state index contributed by atoms with van der Waals surface area (Å²) >= 11 is 0. The molecule has 0 unspecified atom stereocenters. The van der Waals surface area contributed by atoms with Crippen LogP contribution >= 0.6 is 0 Å². The maximum Gasteiger partial charge on any atom is 0.0396 e. The number of anilines is 2. The van der Waals surface area contributed by atoms with Crippen LogP contribution in [0.1, 0.15) is 35.1 Å². The van der Waals surface area contributed by atoms with Crippen LogP contribution in [0.25, 0.3) is 0 Å². The SMILES string of the molecule is CN1CCCc2cc(Cc3ccc4c(c3)CCCN4C)ccc21. The highest BCUT2D eigenvalue weighted by Gasteiger charge is 2.15. The van der Waals surface area contributed by atoms with E-state index in [0.717, 1.165) is 6.42 Å². The molecule has 120 valence electrons. The zero-order chi connectivity index (χ0) is 15.8. The molecule has 2 aromatic rings. The van der Waals surface area contributed by atoms with Gasteiger partial charge in [-0.25, -0.2) is 0 Å². The summed E-state index contributed by atoms with van der Waals surface area (Å²) in [5.41, 5.74) is 8.79. The summed E-state index contributed by atoms with van der Waals surface area (Å²) in [7, 11) is 4.41. The molecule has 0 aliphatic carbocycles. The molecule has 0 bridgehead atoms. The van der Waals surface area contributed by atoms with Gasteiger partial charge in [-0.1, -0.05) is 24.3 Å². The van der Waals surface area contributed by atoms with Crippen LogP contribution in [0.2, 0.25) is 0 Å². The van der Waals surface area contributed by atoms with Crippen molar-refractivity contribution in [1.82, 2.24) is 0 Å². The van der Waals surface area contributed by atoms with Gasteiger partial charge in [0.2, 0.25) is 0 Å². The first-order valence-electron chi connectivity index (χ1n) is 8.86. The average Bonchev–Trinajstić information content (AvgIpc) is 2.55. The van der Waals surface area contributed by atoms with E-state index in [9.17, 15) is 0 Å². The van der Waals surface area contributed by atoms with Crippen molar-refractivity contribution in [3.05, 3.63) is 58.7 Å². The predicted octanol–water partition coefficient (Wildman–Crippen LogP) is 4.04. The van der Waals surface area contributed by atoms with Gasteiger partial charge in [-0.15, -0.1) is 0 Å². The number of hydrogen-bond donors (Lipinski definition) is 0. The smallest absolute Gasteiger partial charge is 0.0396 e. The van der Waals surface area contributed by atoms with Crippen molar-refractivity contribution in [2.24, 2.45) is 0 Å². The van der Waals surface area contributed by atoms with E-state index in [0.29, 0.717) is 0 Å². The molecule has 0 radical (unpaired) electrons. The zero-order valence-electron chi connectivity index (χ0n) is 14.3.